The van der Waals surface area contributed by atoms with E-state index in [9.17, 15) is 18.0 Å². The molecule has 0 aliphatic heterocycles. The van der Waals surface area contributed by atoms with Crippen LogP contribution in [0.1, 0.15) is 47.7 Å². The smallest absolute Gasteiger partial charge is 0.269 e. The highest BCUT2D eigenvalue weighted by Gasteiger charge is 2.18. The second-order valence-corrected chi connectivity index (χ2v) is 9.37. The largest absolute Gasteiger partial charge is 0.273 e. The van der Waals surface area contributed by atoms with E-state index in [0.717, 1.165) is 9.87 Å². The van der Waals surface area contributed by atoms with E-state index in [2.05, 4.69) is 36.8 Å². The number of nitrogens with zero attached hydrogens (tertiary/aromatic N) is 1. The van der Waals surface area contributed by atoms with Gasteiger partial charge in [0.25, 0.3) is 5.91 Å². The monoisotopic (exact) mass is 417 g/mol. The zero-order valence-electron chi connectivity index (χ0n) is 17.1. The first-order chi connectivity index (χ1) is 13.6. The molecule has 0 heterocycles. The number of carbonyl (C=O) groups is 2. The zero-order chi connectivity index (χ0) is 21.6. The summed E-state index contributed by atoms with van der Waals surface area (Å²) >= 11 is 0. The van der Waals surface area contributed by atoms with Crippen molar-refractivity contribution in [1.82, 2.24) is 15.2 Å². The maximum atomic E-state index is 12.2. The quantitative estimate of drug-likeness (QED) is 0.677. The fourth-order valence-electron chi connectivity index (χ4n) is 2.60. The first-order valence-corrected chi connectivity index (χ1v) is 10.8. The molecule has 2 rings (SSSR count). The van der Waals surface area contributed by atoms with Crippen LogP contribution >= 0.6 is 0 Å². The van der Waals surface area contributed by atoms with Crippen molar-refractivity contribution in [3.05, 3.63) is 65.2 Å². The van der Waals surface area contributed by atoms with Gasteiger partial charge in [-0.1, -0.05) is 44.2 Å². The second kappa shape index (κ2) is 9.67. The molecule has 2 N–H and O–H groups in total. The minimum Gasteiger partial charge on any atom is -0.273 e. The summed E-state index contributed by atoms with van der Waals surface area (Å²) in [5.74, 6) is -0.465. The zero-order valence-corrected chi connectivity index (χ0v) is 17.9. The average Bonchev–Trinajstić information content (AvgIpc) is 2.70. The molecule has 0 radical (unpaired) electrons. The Morgan fingerprint density at radius 2 is 1.66 bits per heavy atom. The van der Waals surface area contributed by atoms with Crippen LogP contribution in [-0.4, -0.2) is 38.6 Å². The molecule has 0 fully saturated rings. The van der Waals surface area contributed by atoms with Crippen LogP contribution in [0, 0.1) is 0 Å². The predicted octanol–water partition coefficient (Wildman–Crippen LogP) is 2.45. The number of hydrazine groups is 1. The number of carbonyl (C=O) groups excluding carboxylic acids is 2. The van der Waals surface area contributed by atoms with Crippen molar-refractivity contribution in [2.75, 3.05) is 14.1 Å². The van der Waals surface area contributed by atoms with Crippen molar-refractivity contribution >= 4 is 21.8 Å². The van der Waals surface area contributed by atoms with Gasteiger partial charge in [-0.3, -0.25) is 20.4 Å². The molecule has 156 valence electrons. The molecular weight excluding hydrogens is 390 g/mol. The molecule has 0 saturated heterocycles. The minimum absolute atomic E-state index is 0.00585. The van der Waals surface area contributed by atoms with Crippen LogP contribution < -0.4 is 10.9 Å². The van der Waals surface area contributed by atoms with Gasteiger partial charge in [0, 0.05) is 26.1 Å². The maximum absolute atomic E-state index is 12.2. The number of benzene rings is 2. The second-order valence-electron chi connectivity index (χ2n) is 7.21. The molecule has 0 bridgehead atoms. The molecule has 0 saturated carbocycles. The molecule has 2 aromatic carbocycles. The van der Waals surface area contributed by atoms with Crippen LogP contribution in [0.3, 0.4) is 0 Å². The van der Waals surface area contributed by atoms with Crippen molar-refractivity contribution in [3.63, 3.8) is 0 Å². The van der Waals surface area contributed by atoms with Gasteiger partial charge in [-0.15, -0.1) is 0 Å². The normalized spacial score (nSPS) is 11.5. The summed E-state index contributed by atoms with van der Waals surface area (Å²) < 4.78 is 25.4. The number of aryl methyl sites for hydroxylation is 1. The number of hydrogen-bond acceptors (Lipinski definition) is 4. The van der Waals surface area contributed by atoms with Gasteiger partial charge >= 0.3 is 0 Å². The molecule has 2 aromatic rings. The summed E-state index contributed by atoms with van der Waals surface area (Å²) in [6, 6.07) is 13.7. The summed E-state index contributed by atoms with van der Waals surface area (Å²) in [5, 5.41) is 0. The van der Waals surface area contributed by atoms with Gasteiger partial charge in [0.1, 0.15) is 0 Å². The Bertz CT molecular complexity index is 968. The van der Waals surface area contributed by atoms with Gasteiger partial charge in [-0.25, -0.2) is 12.7 Å². The van der Waals surface area contributed by atoms with Crippen molar-refractivity contribution in [1.29, 1.82) is 0 Å². The van der Waals surface area contributed by atoms with Gasteiger partial charge in [0.15, 0.2) is 0 Å². The van der Waals surface area contributed by atoms with E-state index in [1.807, 2.05) is 12.1 Å². The van der Waals surface area contributed by atoms with Crippen LogP contribution in [0.5, 0.6) is 0 Å². The standard InChI is InChI=1S/C21H27N3O4S/c1-15(2)17-11-8-16(9-12-17)10-13-20(25)22-23-21(26)18-6-5-7-19(14-18)29(27,28)24(3)4/h5-9,11-12,14-15H,10,13H2,1-4H3,(H,22,25)(H,23,26). The van der Waals surface area contributed by atoms with Crippen molar-refractivity contribution in [3.8, 4) is 0 Å². The third-order valence-corrected chi connectivity index (χ3v) is 6.29. The molecule has 0 aromatic heterocycles. The molecule has 0 unspecified atom stereocenters. The Hall–Kier alpha value is -2.71. The van der Waals surface area contributed by atoms with E-state index in [0.29, 0.717) is 12.3 Å². The summed E-state index contributed by atoms with van der Waals surface area (Å²) in [6.07, 6.45) is 0.771. The highest BCUT2D eigenvalue weighted by Crippen LogP contribution is 2.16. The predicted molar refractivity (Wildman–Crippen MR) is 112 cm³/mol. The van der Waals surface area contributed by atoms with Crippen LogP contribution in [0.25, 0.3) is 0 Å². The average molecular weight is 418 g/mol. The number of rotatable bonds is 7. The Balaban J connectivity index is 1.89. The number of nitrogens with one attached hydrogen (secondary N) is 2. The fourth-order valence-corrected chi connectivity index (χ4v) is 3.54. The lowest BCUT2D eigenvalue weighted by molar-refractivity contribution is -0.121. The van der Waals surface area contributed by atoms with Crippen LogP contribution in [0.15, 0.2) is 53.4 Å². The first-order valence-electron chi connectivity index (χ1n) is 9.32. The lowest BCUT2D eigenvalue weighted by Gasteiger charge is -2.12. The molecule has 0 spiro atoms. The highest BCUT2D eigenvalue weighted by atomic mass is 32.2. The molecule has 7 nitrogen and oxygen atoms in total. The Morgan fingerprint density at radius 3 is 2.24 bits per heavy atom. The molecular formula is C21H27N3O4S. The number of amides is 2. The number of sulfonamides is 1. The Kier molecular flexibility index (Phi) is 7.53. The maximum Gasteiger partial charge on any atom is 0.269 e. The first kappa shape index (κ1) is 22.6. The van der Waals surface area contributed by atoms with Gasteiger partial charge in [0.2, 0.25) is 15.9 Å². The summed E-state index contributed by atoms with van der Waals surface area (Å²) in [7, 11) is -0.815. The van der Waals surface area contributed by atoms with Crippen LogP contribution in [0.2, 0.25) is 0 Å². The van der Waals surface area contributed by atoms with E-state index in [-0.39, 0.29) is 22.8 Å². The van der Waals surface area contributed by atoms with Crippen molar-refractivity contribution in [2.24, 2.45) is 0 Å². The van der Waals surface area contributed by atoms with Crippen molar-refractivity contribution in [2.45, 2.75) is 37.5 Å². The third-order valence-electron chi connectivity index (χ3n) is 4.48. The van der Waals surface area contributed by atoms with Crippen LogP contribution in [0.4, 0.5) is 0 Å². The van der Waals surface area contributed by atoms with Gasteiger partial charge < -0.3 is 0 Å². The van der Waals surface area contributed by atoms with E-state index in [4.69, 9.17) is 0 Å². The summed E-state index contributed by atoms with van der Waals surface area (Å²) in [5.41, 5.74) is 7.10. The van der Waals surface area contributed by atoms with E-state index in [1.165, 1.54) is 43.9 Å². The molecule has 8 heteroatoms. The highest BCUT2D eigenvalue weighted by molar-refractivity contribution is 7.89. The Morgan fingerprint density at radius 1 is 1.00 bits per heavy atom. The fraction of sp³-hybridized carbons (Fsp3) is 0.333. The molecule has 0 aliphatic carbocycles. The third kappa shape index (κ3) is 6.13. The molecule has 29 heavy (non-hydrogen) atoms. The van der Waals surface area contributed by atoms with E-state index in [1.54, 1.807) is 0 Å². The SMILES string of the molecule is CC(C)c1ccc(CCC(=O)NNC(=O)c2cccc(S(=O)(=O)N(C)C)c2)cc1. The Labute approximate surface area is 172 Å². The van der Waals surface area contributed by atoms with Gasteiger partial charge in [0.05, 0.1) is 4.90 Å². The van der Waals surface area contributed by atoms with Crippen molar-refractivity contribution < 1.29 is 18.0 Å². The molecule has 0 atom stereocenters. The van der Waals surface area contributed by atoms with E-state index >= 15 is 0 Å². The molecule has 2 amide bonds. The number of hydrogen-bond donors (Lipinski definition) is 2. The molecule has 0 aliphatic rings. The van der Waals surface area contributed by atoms with E-state index < -0.39 is 15.9 Å². The lowest BCUT2D eigenvalue weighted by atomic mass is 10.0. The van der Waals surface area contributed by atoms with Gasteiger partial charge in [-0.05, 0) is 41.7 Å². The minimum atomic E-state index is -3.65. The van der Waals surface area contributed by atoms with Gasteiger partial charge in [-0.2, -0.15) is 0 Å². The topological polar surface area (TPSA) is 95.6 Å². The lowest BCUT2D eigenvalue weighted by Crippen LogP contribution is -2.41. The van der Waals surface area contributed by atoms with Crippen LogP contribution in [-0.2, 0) is 21.2 Å². The summed E-state index contributed by atoms with van der Waals surface area (Å²) in [6.45, 7) is 4.24. The summed E-state index contributed by atoms with van der Waals surface area (Å²) in [4.78, 5) is 24.3.